The first kappa shape index (κ1) is 14.8. The van der Waals surface area contributed by atoms with Crippen molar-refractivity contribution in [3.63, 3.8) is 0 Å². The number of esters is 1. The molecule has 0 spiro atoms. The summed E-state index contributed by atoms with van der Waals surface area (Å²) in [6.45, 7) is 10.3. The largest absolute Gasteiger partial charge is 0.460 e. The topological polar surface area (TPSA) is 41.6 Å². The number of piperazine rings is 1. The van der Waals surface area contributed by atoms with Crippen LogP contribution in [0, 0.1) is 5.92 Å². The number of nitrogens with zero attached hydrogens (tertiary/aromatic N) is 1. The summed E-state index contributed by atoms with van der Waals surface area (Å²) < 4.78 is 5.50. The van der Waals surface area contributed by atoms with Gasteiger partial charge in [-0.25, -0.2) is 0 Å². The van der Waals surface area contributed by atoms with Crippen LogP contribution in [0.3, 0.4) is 0 Å². The van der Waals surface area contributed by atoms with E-state index in [1.165, 1.54) is 0 Å². The molecule has 0 bridgehead atoms. The van der Waals surface area contributed by atoms with Crippen molar-refractivity contribution in [2.24, 2.45) is 5.92 Å². The van der Waals surface area contributed by atoms with Crippen molar-refractivity contribution in [3.8, 4) is 0 Å². The van der Waals surface area contributed by atoms with E-state index in [2.05, 4.69) is 10.2 Å². The first-order valence-corrected chi connectivity index (χ1v) is 7.63. The number of rotatable bonds is 2. The van der Waals surface area contributed by atoms with Crippen LogP contribution in [-0.2, 0) is 9.53 Å². The van der Waals surface area contributed by atoms with Gasteiger partial charge in [0.15, 0.2) is 0 Å². The van der Waals surface area contributed by atoms with Crippen molar-refractivity contribution in [3.05, 3.63) is 0 Å². The lowest BCUT2D eigenvalue weighted by molar-refractivity contribution is -0.161. The summed E-state index contributed by atoms with van der Waals surface area (Å²) in [6.07, 6.45) is 4.26. The summed E-state index contributed by atoms with van der Waals surface area (Å²) in [4.78, 5) is 14.6. The van der Waals surface area contributed by atoms with Gasteiger partial charge in [-0.05, 0) is 46.5 Å². The van der Waals surface area contributed by atoms with Gasteiger partial charge in [-0.1, -0.05) is 0 Å². The number of hydrogen-bond donors (Lipinski definition) is 1. The van der Waals surface area contributed by atoms with E-state index in [-0.39, 0.29) is 17.5 Å². The summed E-state index contributed by atoms with van der Waals surface area (Å²) in [5, 5.41) is 3.39. The molecular weight excluding hydrogens is 240 g/mol. The lowest BCUT2D eigenvalue weighted by atomic mass is 9.85. The molecule has 1 aliphatic carbocycles. The Morgan fingerprint density at radius 2 is 1.68 bits per heavy atom. The van der Waals surface area contributed by atoms with E-state index in [1.54, 1.807) is 0 Å². The van der Waals surface area contributed by atoms with E-state index in [4.69, 9.17) is 4.74 Å². The molecule has 0 unspecified atom stereocenters. The molecule has 19 heavy (non-hydrogen) atoms. The molecule has 0 aromatic carbocycles. The third-order valence-electron chi connectivity index (χ3n) is 4.10. The molecule has 2 fully saturated rings. The average Bonchev–Trinajstić information content (AvgIpc) is 2.38. The third-order valence-corrected chi connectivity index (χ3v) is 4.10. The smallest absolute Gasteiger partial charge is 0.309 e. The molecule has 4 nitrogen and oxygen atoms in total. The van der Waals surface area contributed by atoms with E-state index in [0.717, 1.165) is 51.9 Å². The fourth-order valence-corrected chi connectivity index (χ4v) is 3.11. The van der Waals surface area contributed by atoms with Gasteiger partial charge in [-0.2, -0.15) is 0 Å². The summed E-state index contributed by atoms with van der Waals surface area (Å²) in [7, 11) is 0. The summed E-state index contributed by atoms with van der Waals surface area (Å²) >= 11 is 0. The third kappa shape index (κ3) is 4.46. The van der Waals surface area contributed by atoms with Crippen molar-refractivity contribution in [2.45, 2.75) is 58.1 Å². The van der Waals surface area contributed by atoms with Crippen molar-refractivity contribution in [1.82, 2.24) is 10.2 Å². The average molecular weight is 268 g/mol. The van der Waals surface area contributed by atoms with Crippen molar-refractivity contribution < 1.29 is 9.53 Å². The number of nitrogens with one attached hydrogen (secondary N) is 1. The maximum absolute atomic E-state index is 12.1. The Hall–Kier alpha value is -0.610. The molecule has 1 saturated heterocycles. The molecule has 1 N–H and O–H groups in total. The second kappa shape index (κ2) is 6.23. The van der Waals surface area contributed by atoms with Crippen LogP contribution in [0.2, 0.25) is 0 Å². The molecule has 0 aromatic heterocycles. The van der Waals surface area contributed by atoms with Crippen LogP contribution in [-0.4, -0.2) is 48.7 Å². The maximum atomic E-state index is 12.1. The molecule has 110 valence electrons. The zero-order chi connectivity index (χ0) is 13.9. The molecule has 0 radical (unpaired) electrons. The fourth-order valence-electron chi connectivity index (χ4n) is 3.11. The Bertz CT molecular complexity index is 298. The second-order valence-electron chi connectivity index (χ2n) is 6.82. The van der Waals surface area contributed by atoms with Crippen LogP contribution < -0.4 is 5.32 Å². The van der Waals surface area contributed by atoms with Crippen LogP contribution in [0.4, 0.5) is 0 Å². The minimum absolute atomic E-state index is 0.00580. The number of hydrogen-bond acceptors (Lipinski definition) is 4. The SMILES string of the molecule is CC(C)(C)OC(=O)[C@H]1CC[C@H](N2CCNCC2)CC1. The Kier molecular flexibility index (Phi) is 4.85. The monoisotopic (exact) mass is 268 g/mol. The molecule has 1 heterocycles. The van der Waals surface area contributed by atoms with E-state index in [9.17, 15) is 4.79 Å². The van der Waals surface area contributed by atoms with E-state index < -0.39 is 0 Å². The maximum Gasteiger partial charge on any atom is 0.309 e. The van der Waals surface area contributed by atoms with Gasteiger partial charge in [0.25, 0.3) is 0 Å². The summed E-state index contributed by atoms with van der Waals surface area (Å²) in [5.74, 6) is 0.129. The Morgan fingerprint density at radius 3 is 2.21 bits per heavy atom. The fraction of sp³-hybridized carbons (Fsp3) is 0.933. The van der Waals surface area contributed by atoms with Gasteiger partial charge < -0.3 is 10.1 Å². The molecular formula is C15H28N2O2. The molecule has 4 heteroatoms. The van der Waals surface area contributed by atoms with Crippen molar-refractivity contribution in [2.75, 3.05) is 26.2 Å². The summed E-state index contributed by atoms with van der Waals surface area (Å²) in [5.41, 5.74) is -0.355. The van der Waals surface area contributed by atoms with Gasteiger partial charge in [-0.15, -0.1) is 0 Å². The standard InChI is InChI=1S/C15H28N2O2/c1-15(2,3)19-14(18)12-4-6-13(7-5-12)17-10-8-16-9-11-17/h12-13,16H,4-11H2,1-3H3/t12-,13-. The van der Waals surface area contributed by atoms with E-state index in [0.29, 0.717) is 6.04 Å². The lowest BCUT2D eigenvalue weighted by Crippen LogP contribution is -2.49. The van der Waals surface area contributed by atoms with Crippen LogP contribution >= 0.6 is 0 Å². The minimum atomic E-state index is -0.355. The van der Waals surface area contributed by atoms with Crippen LogP contribution in [0.15, 0.2) is 0 Å². The van der Waals surface area contributed by atoms with Gasteiger partial charge in [0, 0.05) is 32.2 Å². The molecule has 2 rings (SSSR count). The van der Waals surface area contributed by atoms with Gasteiger partial charge in [0.05, 0.1) is 5.92 Å². The lowest BCUT2D eigenvalue weighted by Gasteiger charge is -2.38. The van der Waals surface area contributed by atoms with Crippen LogP contribution in [0.5, 0.6) is 0 Å². The quantitative estimate of drug-likeness (QED) is 0.775. The van der Waals surface area contributed by atoms with Gasteiger partial charge in [-0.3, -0.25) is 9.69 Å². The highest BCUT2D eigenvalue weighted by Gasteiger charge is 2.32. The molecule has 1 saturated carbocycles. The van der Waals surface area contributed by atoms with E-state index in [1.807, 2.05) is 20.8 Å². The second-order valence-corrected chi connectivity index (χ2v) is 6.82. The van der Waals surface area contributed by atoms with Crippen molar-refractivity contribution >= 4 is 5.97 Å². The number of carbonyl (C=O) groups is 1. The zero-order valence-electron chi connectivity index (χ0n) is 12.6. The van der Waals surface area contributed by atoms with Crippen LogP contribution in [0.1, 0.15) is 46.5 Å². The molecule has 0 aromatic rings. The van der Waals surface area contributed by atoms with Gasteiger partial charge in [0.2, 0.25) is 0 Å². The predicted molar refractivity (Wildman–Crippen MR) is 76.0 cm³/mol. The van der Waals surface area contributed by atoms with Crippen molar-refractivity contribution in [1.29, 1.82) is 0 Å². The molecule has 0 amide bonds. The highest BCUT2D eigenvalue weighted by atomic mass is 16.6. The first-order valence-electron chi connectivity index (χ1n) is 7.63. The number of ether oxygens (including phenoxy) is 1. The first-order chi connectivity index (χ1) is 8.96. The Morgan fingerprint density at radius 1 is 1.11 bits per heavy atom. The normalized spacial score (nSPS) is 30.1. The molecule has 1 aliphatic heterocycles. The summed E-state index contributed by atoms with van der Waals surface area (Å²) in [6, 6.07) is 0.681. The molecule has 2 aliphatic rings. The highest BCUT2D eigenvalue weighted by molar-refractivity contribution is 5.73. The van der Waals surface area contributed by atoms with Crippen LogP contribution in [0.25, 0.3) is 0 Å². The Balaban J connectivity index is 1.77. The Labute approximate surface area is 116 Å². The van der Waals surface area contributed by atoms with Gasteiger partial charge in [0.1, 0.15) is 5.60 Å². The minimum Gasteiger partial charge on any atom is -0.460 e. The number of carbonyl (C=O) groups excluding carboxylic acids is 1. The molecule has 0 atom stereocenters. The highest BCUT2D eigenvalue weighted by Crippen LogP contribution is 2.29. The zero-order valence-corrected chi connectivity index (χ0v) is 12.6. The predicted octanol–water partition coefficient (Wildman–Crippen LogP) is 1.79. The van der Waals surface area contributed by atoms with E-state index >= 15 is 0 Å². The van der Waals surface area contributed by atoms with Gasteiger partial charge >= 0.3 is 5.97 Å².